The van der Waals surface area contributed by atoms with Gasteiger partial charge in [0.15, 0.2) is 5.96 Å². The molecule has 0 aromatic carbocycles. The van der Waals surface area contributed by atoms with E-state index in [0.717, 1.165) is 50.1 Å². The first-order chi connectivity index (χ1) is 12.7. The van der Waals surface area contributed by atoms with Crippen molar-refractivity contribution < 1.29 is 4.79 Å². The van der Waals surface area contributed by atoms with Crippen LogP contribution >= 0.6 is 24.0 Å². The van der Waals surface area contributed by atoms with E-state index in [4.69, 9.17) is 0 Å². The molecular formula is C21H37IN4O. The van der Waals surface area contributed by atoms with Crippen molar-refractivity contribution in [1.29, 1.82) is 0 Å². The maximum absolute atomic E-state index is 12.6. The van der Waals surface area contributed by atoms with E-state index in [1.54, 1.807) is 0 Å². The van der Waals surface area contributed by atoms with E-state index in [1.165, 1.54) is 51.4 Å². The molecule has 0 aromatic rings. The number of likely N-dealkylation sites (tertiary alicyclic amines) is 1. The Bertz CT molecular complexity index is 528. The molecule has 0 radical (unpaired) electrons. The van der Waals surface area contributed by atoms with Crippen LogP contribution in [-0.2, 0) is 4.79 Å². The zero-order valence-electron chi connectivity index (χ0n) is 16.8. The molecule has 27 heavy (non-hydrogen) atoms. The Labute approximate surface area is 181 Å². The van der Waals surface area contributed by atoms with E-state index in [1.807, 2.05) is 7.05 Å². The van der Waals surface area contributed by atoms with Gasteiger partial charge in [0.25, 0.3) is 0 Å². The zero-order valence-corrected chi connectivity index (χ0v) is 19.1. The molecular weight excluding hydrogens is 451 g/mol. The largest absolute Gasteiger partial charge is 0.353 e. The molecule has 1 heterocycles. The summed E-state index contributed by atoms with van der Waals surface area (Å²) in [4.78, 5) is 19.1. The molecule has 1 saturated heterocycles. The lowest BCUT2D eigenvalue weighted by atomic mass is 9.85. The highest BCUT2D eigenvalue weighted by Gasteiger charge is 2.43. The van der Waals surface area contributed by atoms with Gasteiger partial charge < -0.3 is 15.5 Å². The number of nitrogens with one attached hydrogen (secondary N) is 2. The maximum atomic E-state index is 12.6. The lowest BCUT2D eigenvalue weighted by Gasteiger charge is -2.23. The molecule has 0 bridgehead atoms. The number of aliphatic imine (C=N–C) groups is 1. The Kier molecular flexibility index (Phi) is 7.68. The van der Waals surface area contributed by atoms with Crippen LogP contribution in [-0.4, -0.2) is 49.0 Å². The number of carbonyl (C=O) groups is 1. The van der Waals surface area contributed by atoms with E-state index in [9.17, 15) is 4.79 Å². The van der Waals surface area contributed by atoms with Gasteiger partial charge in [-0.1, -0.05) is 44.9 Å². The van der Waals surface area contributed by atoms with Crippen LogP contribution < -0.4 is 10.6 Å². The van der Waals surface area contributed by atoms with Gasteiger partial charge in [-0.2, -0.15) is 0 Å². The molecule has 5 nitrogen and oxygen atoms in total. The SMILES string of the molecule is CN=C(NC1CCN(C(=O)C2CCCC2)C1)NC1CC1C1CCCCC1.I. The Morgan fingerprint density at radius 1 is 0.963 bits per heavy atom. The first-order valence-electron chi connectivity index (χ1n) is 11.0. The molecule has 6 heteroatoms. The molecule has 4 fully saturated rings. The average molecular weight is 488 g/mol. The van der Waals surface area contributed by atoms with Crippen LogP contribution in [0.4, 0.5) is 0 Å². The predicted octanol–water partition coefficient (Wildman–Crippen LogP) is 3.53. The van der Waals surface area contributed by atoms with Gasteiger partial charge in [-0.25, -0.2) is 0 Å². The van der Waals surface area contributed by atoms with Crippen LogP contribution in [0, 0.1) is 17.8 Å². The van der Waals surface area contributed by atoms with Crippen molar-refractivity contribution in [3.05, 3.63) is 0 Å². The van der Waals surface area contributed by atoms with Crippen molar-refractivity contribution in [2.24, 2.45) is 22.7 Å². The second kappa shape index (κ2) is 9.79. The number of amides is 1. The molecule has 3 saturated carbocycles. The van der Waals surface area contributed by atoms with Gasteiger partial charge in [0.2, 0.25) is 5.91 Å². The molecule has 3 aliphatic carbocycles. The maximum Gasteiger partial charge on any atom is 0.225 e. The van der Waals surface area contributed by atoms with Crippen molar-refractivity contribution in [2.75, 3.05) is 20.1 Å². The van der Waals surface area contributed by atoms with Crippen LogP contribution in [0.25, 0.3) is 0 Å². The first kappa shape index (κ1) is 21.2. The van der Waals surface area contributed by atoms with Crippen molar-refractivity contribution >= 4 is 35.8 Å². The van der Waals surface area contributed by atoms with Crippen LogP contribution in [0.3, 0.4) is 0 Å². The summed E-state index contributed by atoms with van der Waals surface area (Å²) in [5, 5.41) is 7.23. The normalized spacial score (nSPS) is 32.3. The van der Waals surface area contributed by atoms with Gasteiger partial charge in [0.05, 0.1) is 0 Å². The molecule has 1 amide bonds. The fraction of sp³-hybridized carbons (Fsp3) is 0.905. The van der Waals surface area contributed by atoms with Crippen molar-refractivity contribution in [2.45, 2.75) is 82.7 Å². The third-order valence-electron chi connectivity index (χ3n) is 7.19. The number of halogens is 1. The standard InChI is InChI=1S/C21H36N4O.HI/c1-22-21(24-19-13-18(19)15-7-3-2-4-8-15)23-17-11-12-25(14-17)20(26)16-9-5-6-10-16;/h15-19H,2-14H2,1H3,(H2,22,23,24);1H. The highest BCUT2D eigenvalue weighted by molar-refractivity contribution is 14.0. The Balaban J connectivity index is 0.00000210. The van der Waals surface area contributed by atoms with Gasteiger partial charge in [0.1, 0.15) is 0 Å². The third kappa shape index (κ3) is 5.30. The zero-order chi connectivity index (χ0) is 17.9. The minimum Gasteiger partial charge on any atom is -0.353 e. The summed E-state index contributed by atoms with van der Waals surface area (Å²) < 4.78 is 0. The molecule has 0 spiro atoms. The Morgan fingerprint density at radius 3 is 2.37 bits per heavy atom. The summed E-state index contributed by atoms with van der Waals surface area (Å²) in [6.45, 7) is 1.74. The average Bonchev–Trinajstić information content (AvgIpc) is 3.05. The molecule has 3 atom stereocenters. The summed E-state index contributed by atoms with van der Waals surface area (Å²) in [6, 6.07) is 0.959. The second-order valence-corrected chi connectivity index (χ2v) is 9.02. The number of rotatable bonds is 4. The number of carbonyl (C=O) groups excluding carboxylic acids is 1. The Hall–Kier alpha value is -0.530. The van der Waals surface area contributed by atoms with E-state index < -0.39 is 0 Å². The topological polar surface area (TPSA) is 56.7 Å². The van der Waals surface area contributed by atoms with E-state index in [0.29, 0.717) is 23.9 Å². The first-order valence-corrected chi connectivity index (χ1v) is 11.0. The summed E-state index contributed by atoms with van der Waals surface area (Å²) >= 11 is 0. The number of guanidine groups is 1. The lowest BCUT2D eigenvalue weighted by Crippen LogP contribution is -2.46. The smallest absolute Gasteiger partial charge is 0.225 e. The van der Waals surface area contributed by atoms with Gasteiger partial charge in [0, 0.05) is 38.1 Å². The fourth-order valence-corrected chi connectivity index (χ4v) is 5.51. The number of hydrogen-bond donors (Lipinski definition) is 2. The number of nitrogens with zero attached hydrogens (tertiary/aromatic N) is 2. The lowest BCUT2D eigenvalue weighted by molar-refractivity contribution is -0.134. The molecule has 4 rings (SSSR count). The molecule has 2 N–H and O–H groups in total. The van der Waals surface area contributed by atoms with Gasteiger partial charge in [-0.05, 0) is 37.5 Å². The Morgan fingerprint density at radius 2 is 1.67 bits per heavy atom. The minimum absolute atomic E-state index is 0. The second-order valence-electron chi connectivity index (χ2n) is 9.02. The summed E-state index contributed by atoms with van der Waals surface area (Å²) in [5.74, 6) is 3.43. The van der Waals surface area contributed by atoms with E-state index in [-0.39, 0.29) is 24.0 Å². The third-order valence-corrected chi connectivity index (χ3v) is 7.19. The van der Waals surface area contributed by atoms with Crippen molar-refractivity contribution in [3.63, 3.8) is 0 Å². The molecule has 154 valence electrons. The number of hydrogen-bond acceptors (Lipinski definition) is 2. The fourth-order valence-electron chi connectivity index (χ4n) is 5.51. The molecule has 1 aliphatic heterocycles. The summed E-state index contributed by atoms with van der Waals surface area (Å²) in [6.07, 6.45) is 14.1. The van der Waals surface area contributed by atoms with Gasteiger partial charge in [-0.3, -0.25) is 9.79 Å². The molecule has 0 aromatic heterocycles. The highest BCUT2D eigenvalue weighted by atomic mass is 127. The van der Waals surface area contributed by atoms with Gasteiger partial charge >= 0.3 is 0 Å². The van der Waals surface area contributed by atoms with E-state index in [2.05, 4.69) is 20.5 Å². The van der Waals surface area contributed by atoms with Crippen LogP contribution in [0.1, 0.15) is 70.6 Å². The van der Waals surface area contributed by atoms with Crippen LogP contribution in [0.2, 0.25) is 0 Å². The van der Waals surface area contributed by atoms with Crippen molar-refractivity contribution in [1.82, 2.24) is 15.5 Å². The predicted molar refractivity (Wildman–Crippen MR) is 120 cm³/mol. The molecule has 3 unspecified atom stereocenters. The highest BCUT2D eigenvalue weighted by Crippen LogP contribution is 2.44. The molecule has 4 aliphatic rings. The monoisotopic (exact) mass is 488 g/mol. The van der Waals surface area contributed by atoms with Gasteiger partial charge in [-0.15, -0.1) is 24.0 Å². The summed E-state index contributed by atoms with van der Waals surface area (Å²) in [5.41, 5.74) is 0. The minimum atomic E-state index is 0. The summed E-state index contributed by atoms with van der Waals surface area (Å²) in [7, 11) is 1.86. The van der Waals surface area contributed by atoms with Crippen LogP contribution in [0.5, 0.6) is 0 Å². The van der Waals surface area contributed by atoms with E-state index >= 15 is 0 Å². The van der Waals surface area contributed by atoms with Crippen LogP contribution in [0.15, 0.2) is 4.99 Å². The van der Waals surface area contributed by atoms with Crippen molar-refractivity contribution in [3.8, 4) is 0 Å². The quantitative estimate of drug-likeness (QED) is 0.362.